The van der Waals surface area contributed by atoms with Crippen LogP contribution in [0.5, 0.6) is 0 Å². The molecule has 0 aliphatic carbocycles. The Hall–Kier alpha value is -0.340. The van der Waals surface area contributed by atoms with Crippen LogP contribution >= 0.6 is 11.3 Å². The third kappa shape index (κ3) is 3.82. The number of rotatable bonds is 7. The molecule has 0 radical (unpaired) electrons. The lowest BCUT2D eigenvalue weighted by Crippen LogP contribution is -2.28. The van der Waals surface area contributed by atoms with E-state index >= 15 is 0 Å². The lowest BCUT2D eigenvalue weighted by molar-refractivity contribution is 0.345. The fraction of sp³-hybridized carbons (Fsp3) is 0.733. The molecular formula is C15H27NS. The molecule has 0 bridgehead atoms. The van der Waals surface area contributed by atoms with Gasteiger partial charge in [0, 0.05) is 15.8 Å². The van der Waals surface area contributed by atoms with E-state index in [2.05, 4.69) is 46.0 Å². The number of thiophene rings is 1. The molecule has 0 aliphatic heterocycles. The monoisotopic (exact) mass is 253 g/mol. The van der Waals surface area contributed by atoms with E-state index in [0.717, 1.165) is 12.5 Å². The van der Waals surface area contributed by atoms with Crippen LogP contribution in [-0.4, -0.2) is 6.54 Å². The average molecular weight is 253 g/mol. The molecule has 0 saturated heterocycles. The lowest BCUT2D eigenvalue weighted by Gasteiger charge is -2.26. The van der Waals surface area contributed by atoms with E-state index in [-0.39, 0.29) is 0 Å². The van der Waals surface area contributed by atoms with Gasteiger partial charge >= 0.3 is 0 Å². The van der Waals surface area contributed by atoms with E-state index in [1.54, 1.807) is 4.88 Å². The number of hydrogen-bond acceptors (Lipinski definition) is 2. The number of nitrogens with one attached hydrogen (secondary N) is 1. The quantitative estimate of drug-likeness (QED) is 0.733. The minimum absolute atomic E-state index is 0.559. The second-order valence-electron chi connectivity index (χ2n) is 4.91. The zero-order valence-electron chi connectivity index (χ0n) is 12.0. The summed E-state index contributed by atoms with van der Waals surface area (Å²) in [4.78, 5) is 3.00. The minimum atomic E-state index is 0.559. The first-order valence-electron chi connectivity index (χ1n) is 6.94. The fourth-order valence-electron chi connectivity index (χ4n) is 2.50. The molecule has 1 aromatic heterocycles. The molecule has 0 aromatic carbocycles. The predicted molar refractivity (Wildman–Crippen MR) is 78.9 cm³/mol. The van der Waals surface area contributed by atoms with Gasteiger partial charge in [-0.05, 0) is 44.4 Å². The normalized spacial score (nSPS) is 13.3. The predicted octanol–water partition coefficient (Wildman–Crippen LogP) is 4.84. The van der Waals surface area contributed by atoms with Gasteiger partial charge in [0.1, 0.15) is 0 Å². The van der Waals surface area contributed by atoms with Gasteiger partial charge in [0.15, 0.2) is 0 Å². The summed E-state index contributed by atoms with van der Waals surface area (Å²) in [5.41, 5.74) is 1.47. The van der Waals surface area contributed by atoms with Gasteiger partial charge < -0.3 is 5.32 Å². The van der Waals surface area contributed by atoms with Crippen molar-refractivity contribution in [3.05, 3.63) is 21.4 Å². The van der Waals surface area contributed by atoms with Gasteiger partial charge in [-0.25, -0.2) is 0 Å². The number of aryl methyl sites for hydroxylation is 2. The van der Waals surface area contributed by atoms with Crippen LogP contribution in [0, 0.1) is 19.8 Å². The standard InChI is InChI=1S/C15H27NS/c1-6-9-16-14(13(7-2)8-3)15-11(4)10-12(5)17-15/h10,13-14,16H,6-9H2,1-5H3. The molecule has 1 rings (SSSR count). The van der Waals surface area contributed by atoms with Crippen LogP contribution in [0.1, 0.15) is 61.4 Å². The molecule has 17 heavy (non-hydrogen) atoms. The Bertz CT molecular complexity index is 326. The average Bonchev–Trinajstić information content (AvgIpc) is 2.64. The SMILES string of the molecule is CCCNC(c1sc(C)cc1C)C(CC)CC. The van der Waals surface area contributed by atoms with Gasteiger partial charge in [-0.3, -0.25) is 0 Å². The largest absolute Gasteiger partial charge is 0.309 e. The van der Waals surface area contributed by atoms with E-state index in [1.807, 2.05) is 11.3 Å². The lowest BCUT2D eigenvalue weighted by atomic mass is 9.91. The van der Waals surface area contributed by atoms with Crippen molar-refractivity contribution in [2.75, 3.05) is 6.54 Å². The Morgan fingerprint density at radius 1 is 1.18 bits per heavy atom. The molecule has 1 unspecified atom stereocenters. The van der Waals surface area contributed by atoms with Crippen LogP contribution in [-0.2, 0) is 0 Å². The molecule has 0 fully saturated rings. The van der Waals surface area contributed by atoms with Crippen molar-refractivity contribution in [1.82, 2.24) is 5.32 Å². The summed E-state index contributed by atoms with van der Waals surface area (Å²) in [5, 5.41) is 3.75. The maximum atomic E-state index is 3.75. The number of hydrogen-bond donors (Lipinski definition) is 1. The first-order valence-corrected chi connectivity index (χ1v) is 7.75. The Kier molecular flexibility index (Phi) is 6.21. The maximum absolute atomic E-state index is 3.75. The van der Waals surface area contributed by atoms with E-state index in [9.17, 15) is 0 Å². The van der Waals surface area contributed by atoms with E-state index in [1.165, 1.54) is 29.7 Å². The Morgan fingerprint density at radius 2 is 1.82 bits per heavy atom. The third-order valence-corrected chi connectivity index (χ3v) is 4.73. The zero-order valence-corrected chi connectivity index (χ0v) is 12.8. The zero-order chi connectivity index (χ0) is 12.8. The van der Waals surface area contributed by atoms with Crippen molar-refractivity contribution in [2.45, 2.75) is 59.9 Å². The van der Waals surface area contributed by atoms with Crippen LogP contribution in [0.4, 0.5) is 0 Å². The van der Waals surface area contributed by atoms with Crippen LogP contribution < -0.4 is 5.32 Å². The van der Waals surface area contributed by atoms with Crippen molar-refractivity contribution in [3.63, 3.8) is 0 Å². The summed E-state index contributed by atoms with van der Waals surface area (Å²) < 4.78 is 0. The summed E-state index contributed by atoms with van der Waals surface area (Å²) in [5.74, 6) is 0.762. The third-order valence-electron chi connectivity index (χ3n) is 3.50. The van der Waals surface area contributed by atoms with Crippen molar-refractivity contribution in [2.24, 2.45) is 5.92 Å². The molecule has 0 amide bonds. The van der Waals surface area contributed by atoms with Crippen molar-refractivity contribution < 1.29 is 0 Å². The molecule has 2 heteroatoms. The highest BCUT2D eigenvalue weighted by Gasteiger charge is 2.22. The highest BCUT2D eigenvalue weighted by molar-refractivity contribution is 7.12. The van der Waals surface area contributed by atoms with E-state index in [4.69, 9.17) is 0 Å². The van der Waals surface area contributed by atoms with Gasteiger partial charge in [0.05, 0.1) is 0 Å². The van der Waals surface area contributed by atoms with Gasteiger partial charge in [0.25, 0.3) is 0 Å². The van der Waals surface area contributed by atoms with Gasteiger partial charge in [-0.2, -0.15) is 0 Å². The van der Waals surface area contributed by atoms with Crippen molar-refractivity contribution in [3.8, 4) is 0 Å². The Labute approximate surface area is 111 Å². The smallest absolute Gasteiger partial charge is 0.0446 e. The second-order valence-corrected chi connectivity index (χ2v) is 6.20. The topological polar surface area (TPSA) is 12.0 Å². The Morgan fingerprint density at radius 3 is 2.24 bits per heavy atom. The first kappa shape index (κ1) is 14.7. The van der Waals surface area contributed by atoms with Crippen molar-refractivity contribution >= 4 is 11.3 Å². The van der Waals surface area contributed by atoms with Crippen LogP contribution in [0.2, 0.25) is 0 Å². The van der Waals surface area contributed by atoms with E-state index < -0.39 is 0 Å². The van der Waals surface area contributed by atoms with E-state index in [0.29, 0.717) is 6.04 Å². The summed E-state index contributed by atoms with van der Waals surface area (Å²) in [7, 11) is 0. The molecule has 1 atom stereocenters. The molecule has 98 valence electrons. The molecule has 0 saturated carbocycles. The van der Waals surface area contributed by atoms with Crippen molar-refractivity contribution in [1.29, 1.82) is 0 Å². The maximum Gasteiger partial charge on any atom is 0.0446 e. The Balaban J connectivity index is 2.92. The molecular weight excluding hydrogens is 226 g/mol. The molecule has 0 aliphatic rings. The second kappa shape index (κ2) is 7.17. The van der Waals surface area contributed by atoms with Gasteiger partial charge in [-0.1, -0.05) is 33.6 Å². The minimum Gasteiger partial charge on any atom is -0.309 e. The summed E-state index contributed by atoms with van der Waals surface area (Å²) >= 11 is 1.97. The van der Waals surface area contributed by atoms with Crippen LogP contribution in [0.15, 0.2) is 6.07 Å². The summed E-state index contributed by atoms with van der Waals surface area (Å²) in [6.45, 7) is 12.4. The van der Waals surface area contributed by atoms with Gasteiger partial charge in [-0.15, -0.1) is 11.3 Å². The highest BCUT2D eigenvalue weighted by Crippen LogP contribution is 2.34. The molecule has 1 aromatic rings. The summed E-state index contributed by atoms with van der Waals surface area (Å²) in [6.07, 6.45) is 3.72. The van der Waals surface area contributed by atoms with Crippen LogP contribution in [0.25, 0.3) is 0 Å². The molecule has 1 nitrogen and oxygen atoms in total. The molecule has 1 heterocycles. The molecule has 0 spiro atoms. The highest BCUT2D eigenvalue weighted by atomic mass is 32.1. The van der Waals surface area contributed by atoms with Gasteiger partial charge in [0.2, 0.25) is 0 Å². The molecule has 1 N–H and O–H groups in total. The first-order chi connectivity index (χ1) is 8.13. The van der Waals surface area contributed by atoms with Crippen LogP contribution in [0.3, 0.4) is 0 Å². The summed E-state index contributed by atoms with van der Waals surface area (Å²) in [6, 6.07) is 2.88. The fourth-order valence-corrected chi connectivity index (χ4v) is 3.71.